The first kappa shape index (κ1) is 9.70. The molecule has 0 unspecified atom stereocenters. The van der Waals surface area contributed by atoms with Crippen molar-refractivity contribution < 1.29 is 14.7 Å². The Labute approximate surface area is 85.9 Å². The molecule has 1 fully saturated rings. The molecule has 1 saturated heterocycles. The second-order valence-corrected chi connectivity index (χ2v) is 3.47. The van der Waals surface area contributed by atoms with Crippen molar-refractivity contribution >= 4 is 11.9 Å². The molecule has 2 N–H and O–H groups in total. The van der Waals surface area contributed by atoms with Crippen LogP contribution in [0.15, 0.2) is 12.3 Å². The van der Waals surface area contributed by atoms with E-state index in [4.69, 9.17) is 5.11 Å². The number of carbonyl (C=O) groups excluding carboxylic acids is 1. The molecule has 1 aliphatic heterocycles. The number of carbonyl (C=O) groups is 2. The van der Waals surface area contributed by atoms with Gasteiger partial charge in [0.1, 0.15) is 11.7 Å². The second-order valence-electron chi connectivity index (χ2n) is 3.47. The van der Waals surface area contributed by atoms with Gasteiger partial charge < -0.3 is 10.0 Å². The summed E-state index contributed by atoms with van der Waals surface area (Å²) >= 11 is 0. The van der Waals surface area contributed by atoms with E-state index in [1.54, 1.807) is 6.07 Å². The van der Waals surface area contributed by atoms with Crippen LogP contribution in [0, 0.1) is 0 Å². The van der Waals surface area contributed by atoms with Gasteiger partial charge in [-0.25, -0.2) is 4.79 Å². The predicted octanol–water partition coefficient (Wildman–Crippen LogP) is 0.0989. The van der Waals surface area contributed by atoms with Gasteiger partial charge in [-0.15, -0.1) is 0 Å². The van der Waals surface area contributed by atoms with Crippen LogP contribution in [-0.4, -0.2) is 44.7 Å². The van der Waals surface area contributed by atoms with E-state index in [1.165, 1.54) is 11.1 Å². The molecule has 1 aromatic heterocycles. The van der Waals surface area contributed by atoms with Gasteiger partial charge in [0.15, 0.2) is 0 Å². The average Bonchev–Trinajstić information content (AvgIpc) is 2.88. The maximum Gasteiger partial charge on any atom is 0.326 e. The average molecular weight is 209 g/mol. The molecule has 0 spiro atoms. The van der Waals surface area contributed by atoms with Crippen molar-refractivity contribution in [1.29, 1.82) is 0 Å². The fourth-order valence-corrected chi connectivity index (χ4v) is 1.80. The molecule has 15 heavy (non-hydrogen) atoms. The van der Waals surface area contributed by atoms with Gasteiger partial charge in [0.05, 0.1) is 0 Å². The zero-order chi connectivity index (χ0) is 10.8. The molecule has 80 valence electrons. The van der Waals surface area contributed by atoms with E-state index in [0.29, 0.717) is 18.7 Å². The summed E-state index contributed by atoms with van der Waals surface area (Å²) in [5.41, 5.74) is 0.336. The number of aromatic nitrogens is 2. The summed E-state index contributed by atoms with van der Waals surface area (Å²) < 4.78 is 0. The van der Waals surface area contributed by atoms with Crippen LogP contribution in [0.3, 0.4) is 0 Å². The first-order valence-electron chi connectivity index (χ1n) is 4.73. The fraction of sp³-hybridized carbons (Fsp3) is 0.444. The van der Waals surface area contributed by atoms with E-state index >= 15 is 0 Å². The second kappa shape index (κ2) is 3.72. The van der Waals surface area contributed by atoms with Crippen LogP contribution in [0.25, 0.3) is 0 Å². The third kappa shape index (κ3) is 1.70. The Morgan fingerprint density at radius 2 is 2.40 bits per heavy atom. The van der Waals surface area contributed by atoms with Gasteiger partial charge >= 0.3 is 5.97 Å². The zero-order valence-electron chi connectivity index (χ0n) is 8.01. The summed E-state index contributed by atoms with van der Waals surface area (Å²) in [4.78, 5) is 24.1. The van der Waals surface area contributed by atoms with Crippen LogP contribution in [-0.2, 0) is 4.79 Å². The van der Waals surface area contributed by atoms with Crippen LogP contribution in [0.4, 0.5) is 0 Å². The Morgan fingerprint density at radius 3 is 3.00 bits per heavy atom. The molecule has 0 bridgehead atoms. The van der Waals surface area contributed by atoms with Crippen LogP contribution in [0.5, 0.6) is 0 Å². The van der Waals surface area contributed by atoms with Crippen LogP contribution < -0.4 is 0 Å². The quantitative estimate of drug-likeness (QED) is 0.723. The molecule has 6 heteroatoms. The Bertz CT molecular complexity index is 374. The maximum atomic E-state index is 11.8. The maximum absolute atomic E-state index is 11.8. The number of aliphatic carboxylic acids is 1. The summed E-state index contributed by atoms with van der Waals surface area (Å²) in [6, 6.07) is 0.848. The van der Waals surface area contributed by atoms with E-state index in [-0.39, 0.29) is 5.91 Å². The number of rotatable bonds is 2. The molecule has 1 aliphatic rings. The van der Waals surface area contributed by atoms with E-state index in [9.17, 15) is 9.59 Å². The van der Waals surface area contributed by atoms with E-state index < -0.39 is 12.0 Å². The van der Waals surface area contributed by atoms with Gasteiger partial charge in [-0.05, 0) is 18.9 Å². The minimum atomic E-state index is -0.944. The lowest BCUT2D eigenvalue weighted by Crippen LogP contribution is -2.40. The van der Waals surface area contributed by atoms with Crippen molar-refractivity contribution in [3.05, 3.63) is 18.0 Å². The molecular weight excluding hydrogens is 198 g/mol. The molecule has 2 rings (SSSR count). The molecule has 1 atom stereocenters. The summed E-state index contributed by atoms with van der Waals surface area (Å²) in [6.07, 6.45) is 2.73. The molecule has 0 saturated carbocycles. The Morgan fingerprint density at radius 1 is 1.60 bits per heavy atom. The smallest absolute Gasteiger partial charge is 0.326 e. The summed E-state index contributed by atoms with van der Waals surface area (Å²) in [5.74, 6) is -1.24. The van der Waals surface area contributed by atoms with E-state index in [2.05, 4.69) is 10.2 Å². The Hall–Kier alpha value is -1.85. The van der Waals surface area contributed by atoms with Gasteiger partial charge in [0.2, 0.25) is 0 Å². The van der Waals surface area contributed by atoms with Crippen molar-refractivity contribution in [2.45, 2.75) is 18.9 Å². The number of amides is 1. The number of nitrogens with zero attached hydrogens (tertiary/aromatic N) is 2. The number of H-pyrrole nitrogens is 1. The molecule has 6 nitrogen and oxygen atoms in total. The van der Waals surface area contributed by atoms with Gasteiger partial charge in [-0.3, -0.25) is 9.89 Å². The highest BCUT2D eigenvalue weighted by Gasteiger charge is 2.34. The molecule has 0 aromatic carbocycles. The van der Waals surface area contributed by atoms with Crippen molar-refractivity contribution in [1.82, 2.24) is 15.1 Å². The normalized spacial score (nSPS) is 20.5. The molecule has 1 aromatic rings. The molecule has 1 amide bonds. The summed E-state index contributed by atoms with van der Waals surface area (Å²) in [7, 11) is 0. The van der Waals surface area contributed by atoms with Crippen molar-refractivity contribution in [2.24, 2.45) is 0 Å². The third-order valence-electron chi connectivity index (χ3n) is 2.53. The van der Waals surface area contributed by atoms with Gasteiger partial charge in [-0.1, -0.05) is 0 Å². The Balaban J connectivity index is 2.17. The zero-order valence-corrected chi connectivity index (χ0v) is 8.01. The lowest BCUT2D eigenvalue weighted by molar-refractivity contribution is -0.141. The number of hydrogen-bond donors (Lipinski definition) is 2. The molecule has 0 radical (unpaired) electrons. The first-order valence-corrected chi connectivity index (χ1v) is 4.73. The number of carboxylic acid groups (broad SMARTS) is 1. The number of carboxylic acids is 1. The van der Waals surface area contributed by atoms with Gasteiger partial charge in [0.25, 0.3) is 5.91 Å². The standard InChI is InChI=1S/C9H11N3O3/c13-8(6-3-4-10-11-6)12-5-1-2-7(12)9(14)15/h3-4,7H,1-2,5H2,(H,10,11)(H,14,15)/t7-/m1/s1. The lowest BCUT2D eigenvalue weighted by Gasteiger charge is -2.20. The number of likely N-dealkylation sites (tertiary alicyclic amines) is 1. The van der Waals surface area contributed by atoms with Gasteiger partial charge in [0, 0.05) is 12.7 Å². The number of nitrogens with one attached hydrogen (secondary N) is 1. The highest BCUT2D eigenvalue weighted by atomic mass is 16.4. The van der Waals surface area contributed by atoms with Crippen molar-refractivity contribution in [3.8, 4) is 0 Å². The monoisotopic (exact) mass is 209 g/mol. The van der Waals surface area contributed by atoms with E-state index in [0.717, 1.165) is 6.42 Å². The topological polar surface area (TPSA) is 86.3 Å². The van der Waals surface area contributed by atoms with E-state index in [1.807, 2.05) is 0 Å². The molecule has 2 heterocycles. The largest absolute Gasteiger partial charge is 0.480 e. The summed E-state index contributed by atoms with van der Waals surface area (Å²) in [5, 5.41) is 15.1. The third-order valence-corrected chi connectivity index (χ3v) is 2.53. The number of aromatic amines is 1. The van der Waals surface area contributed by atoms with Crippen molar-refractivity contribution in [2.75, 3.05) is 6.54 Å². The highest BCUT2D eigenvalue weighted by molar-refractivity contribution is 5.95. The molecule has 0 aliphatic carbocycles. The van der Waals surface area contributed by atoms with Crippen LogP contribution in [0.2, 0.25) is 0 Å². The molecular formula is C9H11N3O3. The SMILES string of the molecule is O=C(O)[C@H]1CCCN1C(=O)c1ccn[nH]1. The highest BCUT2D eigenvalue weighted by Crippen LogP contribution is 2.19. The summed E-state index contributed by atoms with van der Waals surface area (Å²) in [6.45, 7) is 0.495. The number of hydrogen-bond acceptors (Lipinski definition) is 3. The van der Waals surface area contributed by atoms with Crippen LogP contribution in [0.1, 0.15) is 23.3 Å². The van der Waals surface area contributed by atoms with Gasteiger partial charge in [-0.2, -0.15) is 5.10 Å². The minimum absolute atomic E-state index is 0.294. The lowest BCUT2D eigenvalue weighted by atomic mass is 10.2. The minimum Gasteiger partial charge on any atom is -0.480 e. The Kier molecular flexibility index (Phi) is 2.40. The predicted molar refractivity (Wildman–Crippen MR) is 50.3 cm³/mol. The van der Waals surface area contributed by atoms with Crippen molar-refractivity contribution in [3.63, 3.8) is 0 Å². The fourth-order valence-electron chi connectivity index (χ4n) is 1.80. The van der Waals surface area contributed by atoms with Crippen LogP contribution >= 0.6 is 0 Å². The first-order chi connectivity index (χ1) is 7.20.